The van der Waals surface area contributed by atoms with Gasteiger partial charge in [0.05, 0.1) is 0 Å². The lowest BCUT2D eigenvalue weighted by atomic mass is 10.1. The molecular weight excluding hydrogens is 216 g/mol. The molecule has 0 nitrogen and oxygen atoms in total. The lowest BCUT2D eigenvalue weighted by Crippen LogP contribution is -1.80. The first-order chi connectivity index (χ1) is 8.41. The molecule has 0 fully saturated rings. The summed E-state index contributed by atoms with van der Waals surface area (Å²) < 4.78 is 0. The fourth-order valence-corrected chi connectivity index (χ4v) is 1.63. The summed E-state index contributed by atoms with van der Waals surface area (Å²) in [6.45, 7) is 13.1. The molecule has 0 rings (SSSR count). The highest BCUT2D eigenvalue weighted by Gasteiger charge is 1.91. The van der Waals surface area contributed by atoms with E-state index < -0.39 is 0 Å². The molecule has 18 heavy (non-hydrogen) atoms. The first-order valence-corrected chi connectivity index (χ1v) is 7.01. The third-order valence-electron chi connectivity index (χ3n) is 2.82. The maximum Gasteiger partial charge on any atom is -0.0285 e. The molecule has 0 aliphatic rings. The molecule has 0 unspecified atom stereocenters. The average Bonchev–Trinajstić information content (AvgIpc) is 2.25. The van der Waals surface area contributed by atoms with Gasteiger partial charge < -0.3 is 0 Å². The molecule has 0 radical (unpaired) electrons. The van der Waals surface area contributed by atoms with E-state index in [4.69, 9.17) is 0 Å². The van der Waals surface area contributed by atoms with Crippen molar-refractivity contribution in [2.45, 2.75) is 67.2 Å². The van der Waals surface area contributed by atoms with Crippen LogP contribution in [-0.4, -0.2) is 0 Å². The van der Waals surface area contributed by atoms with Gasteiger partial charge in [0.25, 0.3) is 0 Å². The molecule has 0 saturated carbocycles. The maximum absolute atomic E-state index is 2.39. The van der Waals surface area contributed by atoms with Gasteiger partial charge in [-0.3, -0.25) is 0 Å². The predicted octanol–water partition coefficient (Wildman–Crippen LogP) is 6.37. The molecule has 0 heterocycles. The van der Waals surface area contributed by atoms with Gasteiger partial charge in [0.15, 0.2) is 0 Å². The van der Waals surface area contributed by atoms with Crippen molar-refractivity contribution in [2.24, 2.45) is 0 Å². The molecule has 0 spiro atoms. The largest absolute Gasteiger partial charge is 0.0856 e. The summed E-state index contributed by atoms with van der Waals surface area (Å²) in [5.74, 6) is 0. The second kappa shape index (κ2) is 9.94. The SMILES string of the molecule is CC(C)=C/C=C(\C)CC/C=C(\C)CCC=C(C)C. The smallest absolute Gasteiger partial charge is 0.0285 e. The molecule has 0 aromatic rings. The van der Waals surface area contributed by atoms with Gasteiger partial charge in [0.2, 0.25) is 0 Å². The normalized spacial score (nSPS) is 12.3. The Morgan fingerprint density at radius 3 is 1.72 bits per heavy atom. The fourth-order valence-electron chi connectivity index (χ4n) is 1.63. The van der Waals surface area contributed by atoms with Crippen LogP contribution in [0.25, 0.3) is 0 Å². The minimum absolute atomic E-state index is 1.17. The lowest BCUT2D eigenvalue weighted by molar-refractivity contribution is 0.918. The molecule has 0 atom stereocenters. The first-order valence-electron chi connectivity index (χ1n) is 7.01. The number of allylic oxidation sites excluding steroid dienone is 8. The van der Waals surface area contributed by atoms with E-state index in [1.54, 1.807) is 0 Å². The molecule has 0 aromatic carbocycles. The van der Waals surface area contributed by atoms with Crippen molar-refractivity contribution in [1.29, 1.82) is 0 Å². The monoisotopic (exact) mass is 246 g/mol. The molecule has 0 bridgehead atoms. The number of rotatable bonds is 7. The van der Waals surface area contributed by atoms with Crippen molar-refractivity contribution in [3.05, 3.63) is 46.6 Å². The van der Waals surface area contributed by atoms with Crippen molar-refractivity contribution in [1.82, 2.24) is 0 Å². The minimum atomic E-state index is 1.17. The highest BCUT2D eigenvalue weighted by Crippen LogP contribution is 2.11. The molecule has 0 amide bonds. The average molecular weight is 246 g/mol. The van der Waals surface area contributed by atoms with E-state index >= 15 is 0 Å². The third kappa shape index (κ3) is 11.4. The van der Waals surface area contributed by atoms with Gasteiger partial charge in [0, 0.05) is 0 Å². The summed E-state index contributed by atoms with van der Waals surface area (Å²) in [6, 6.07) is 0. The van der Waals surface area contributed by atoms with Crippen LogP contribution in [0.1, 0.15) is 67.2 Å². The van der Waals surface area contributed by atoms with Crippen molar-refractivity contribution >= 4 is 0 Å². The summed E-state index contributed by atoms with van der Waals surface area (Å²) in [5.41, 5.74) is 5.76. The lowest BCUT2D eigenvalue weighted by Gasteiger charge is -2.00. The molecule has 0 aromatic heterocycles. The Kier molecular flexibility index (Phi) is 9.36. The highest BCUT2D eigenvalue weighted by atomic mass is 14.0. The van der Waals surface area contributed by atoms with Crippen LogP contribution in [0.3, 0.4) is 0 Å². The van der Waals surface area contributed by atoms with Crippen LogP contribution in [-0.2, 0) is 0 Å². The Bertz CT molecular complexity index is 340. The summed E-state index contributed by atoms with van der Waals surface area (Å²) in [6.07, 6.45) is 13.8. The van der Waals surface area contributed by atoms with E-state index in [0.29, 0.717) is 0 Å². The van der Waals surface area contributed by atoms with E-state index in [1.165, 1.54) is 48.0 Å². The van der Waals surface area contributed by atoms with Crippen molar-refractivity contribution in [3.63, 3.8) is 0 Å². The van der Waals surface area contributed by atoms with Crippen LogP contribution in [0.4, 0.5) is 0 Å². The van der Waals surface area contributed by atoms with E-state index in [9.17, 15) is 0 Å². The van der Waals surface area contributed by atoms with Crippen molar-refractivity contribution in [2.75, 3.05) is 0 Å². The van der Waals surface area contributed by atoms with Gasteiger partial charge in [-0.1, -0.05) is 46.6 Å². The first kappa shape index (κ1) is 17.0. The molecule has 0 N–H and O–H groups in total. The van der Waals surface area contributed by atoms with Gasteiger partial charge in [-0.2, -0.15) is 0 Å². The molecule has 0 aliphatic carbocycles. The van der Waals surface area contributed by atoms with E-state index in [1.807, 2.05) is 0 Å². The van der Waals surface area contributed by atoms with E-state index in [0.717, 1.165) is 0 Å². The zero-order valence-electron chi connectivity index (χ0n) is 13.1. The van der Waals surface area contributed by atoms with Gasteiger partial charge in [0.1, 0.15) is 0 Å². The standard InChI is InChI=1S/C18H30/c1-15(2)9-7-10-17(5)11-8-12-18(6)14-13-16(3)4/h9,11,13-14H,7-8,10,12H2,1-6H3/b17-11+,18-14+. The number of hydrogen-bond donors (Lipinski definition) is 0. The van der Waals surface area contributed by atoms with Crippen LogP contribution < -0.4 is 0 Å². The highest BCUT2D eigenvalue weighted by molar-refractivity contribution is 5.14. The maximum atomic E-state index is 2.39. The molecule has 0 saturated heterocycles. The Morgan fingerprint density at radius 2 is 1.17 bits per heavy atom. The molecule has 102 valence electrons. The van der Waals surface area contributed by atoms with Crippen molar-refractivity contribution < 1.29 is 0 Å². The second-order valence-corrected chi connectivity index (χ2v) is 5.67. The Labute approximate surface area is 114 Å². The van der Waals surface area contributed by atoms with Crippen LogP contribution in [0.2, 0.25) is 0 Å². The van der Waals surface area contributed by atoms with Gasteiger partial charge in [-0.25, -0.2) is 0 Å². The zero-order valence-corrected chi connectivity index (χ0v) is 13.1. The van der Waals surface area contributed by atoms with E-state index in [-0.39, 0.29) is 0 Å². The van der Waals surface area contributed by atoms with Gasteiger partial charge in [-0.05, 0) is 67.2 Å². The topological polar surface area (TPSA) is 0 Å². The summed E-state index contributed by atoms with van der Waals surface area (Å²) >= 11 is 0. The molecular formula is C18H30. The van der Waals surface area contributed by atoms with Crippen molar-refractivity contribution in [3.8, 4) is 0 Å². The summed E-state index contributed by atoms with van der Waals surface area (Å²) in [7, 11) is 0. The third-order valence-corrected chi connectivity index (χ3v) is 2.82. The number of hydrogen-bond acceptors (Lipinski definition) is 0. The quantitative estimate of drug-likeness (QED) is 0.361. The van der Waals surface area contributed by atoms with Gasteiger partial charge in [-0.15, -0.1) is 0 Å². The van der Waals surface area contributed by atoms with Gasteiger partial charge >= 0.3 is 0 Å². The molecule has 0 heteroatoms. The second-order valence-electron chi connectivity index (χ2n) is 5.67. The Balaban J connectivity index is 3.97. The van der Waals surface area contributed by atoms with Crippen LogP contribution in [0.15, 0.2) is 46.6 Å². The fraction of sp³-hybridized carbons (Fsp3) is 0.556. The molecule has 0 aliphatic heterocycles. The van der Waals surface area contributed by atoms with E-state index in [2.05, 4.69) is 65.8 Å². The minimum Gasteiger partial charge on any atom is -0.0856 e. The summed E-state index contributed by atoms with van der Waals surface area (Å²) in [5, 5.41) is 0. The summed E-state index contributed by atoms with van der Waals surface area (Å²) in [4.78, 5) is 0. The van der Waals surface area contributed by atoms with Crippen LogP contribution >= 0.6 is 0 Å². The Hall–Kier alpha value is -1.04. The van der Waals surface area contributed by atoms with Crippen LogP contribution in [0, 0.1) is 0 Å². The van der Waals surface area contributed by atoms with Crippen LogP contribution in [0.5, 0.6) is 0 Å². The predicted molar refractivity (Wildman–Crippen MR) is 84.8 cm³/mol. The zero-order chi connectivity index (χ0) is 14.0. The Morgan fingerprint density at radius 1 is 0.611 bits per heavy atom.